The van der Waals surface area contributed by atoms with Crippen molar-refractivity contribution < 1.29 is 19.7 Å². The Kier molecular flexibility index (Phi) is 9.11. The molecule has 0 saturated carbocycles. The lowest BCUT2D eigenvalue weighted by Crippen LogP contribution is -2.47. The second kappa shape index (κ2) is 11.8. The number of hydrogen-bond acceptors (Lipinski definition) is 5. The maximum absolute atomic E-state index is 11.8. The van der Waals surface area contributed by atoms with Gasteiger partial charge in [0.25, 0.3) is 0 Å². The maximum Gasteiger partial charge on any atom is 0.337 e. The molecule has 180 valence electrons. The Balaban J connectivity index is 1.80. The summed E-state index contributed by atoms with van der Waals surface area (Å²) in [6.45, 7) is 2.26. The van der Waals surface area contributed by atoms with Gasteiger partial charge in [-0.1, -0.05) is 59.6 Å². The van der Waals surface area contributed by atoms with E-state index >= 15 is 0 Å². The number of aliphatic hydroxyl groups excluding tert-OH is 2. The van der Waals surface area contributed by atoms with E-state index in [1.807, 2.05) is 31.2 Å². The summed E-state index contributed by atoms with van der Waals surface area (Å²) >= 11 is 12.2. The van der Waals surface area contributed by atoms with Crippen molar-refractivity contribution in [3.63, 3.8) is 0 Å². The number of hydrogen-bond donors (Lipinski definition) is 3. The predicted molar refractivity (Wildman–Crippen MR) is 135 cm³/mol. The molecule has 0 saturated heterocycles. The summed E-state index contributed by atoms with van der Waals surface area (Å²) < 4.78 is 4.77. The zero-order chi connectivity index (χ0) is 24.7. The van der Waals surface area contributed by atoms with Crippen LogP contribution < -0.4 is 5.32 Å². The highest BCUT2D eigenvalue weighted by Crippen LogP contribution is 2.29. The molecule has 3 atom stereocenters. The number of methoxy groups -OCH3 is 1. The number of β-amino-alcohol motifs (C(OH)–C–C–N with tert-alkyl or cyclic N) is 1. The van der Waals surface area contributed by atoms with E-state index < -0.39 is 23.7 Å². The predicted octanol–water partition coefficient (Wildman–Crippen LogP) is 5.53. The molecule has 0 heterocycles. The minimum absolute atomic E-state index is 0.263. The van der Waals surface area contributed by atoms with E-state index in [1.54, 1.807) is 48.5 Å². The van der Waals surface area contributed by atoms with Crippen LogP contribution in [0.2, 0.25) is 10.0 Å². The number of carbonyl (C=O) groups excluding carboxylic acids is 1. The van der Waals surface area contributed by atoms with Gasteiger partial charge in [0.1, 0.15) is 0 Å². The molecule has 3 aromatic carbocycles. The number of aliphatic hydroxyl groups is 2. The molecule has 34 heavy (non-hydrogen) atoms. The molecule has 0 bridgehead atoms. The molecule has 0 aliphatic carbocycles. The summed E-state index contributed by atoms with van der Waals surface area (Å²) in [5.74, 6) is -0.395. The Bertz CT molecular complexity index is 1110. The fourth-order valence-corrected chi connectivity index (χ4v) is 4.36. The maximum atomic E-state index is 11.8. The van der Waals surface area contributed by atoms with Gasteiger partial charge in [0, 0.05) is 22.1 Å². The first-order valence-corrected chi connectivity index (χ1v) is 11.7. The molecule has 0 spiro atoms. The van der Waals surface area contributed by atoms with Gasteiger partial charge in [-0.25, -0.2) is 4.79 Å². The van der Waals surface area contributed by atoms with Crippen LogP contribution in [0, 0.1) is 0 Å². The number of halogens is 2. The fourth-order valence-electron chi connectivity index (χ4n) is 3.97. The van der Waals surface area contributed by atoms with Gasteiger partial charge in [0.15, 0.2) is 0 Å². The Hall–Kier alpha value is -2.41. The van der Waals surface area contributed by atoms with Crippen LogP contribution in [0.4, 0.5) is 0 Å². The standard InChI is InChI=1S/C27H29Cl2NO4/c1-27(16-24(31)20-5-3-7-22(28)13-20,15-18-9-11-19(12-10-18)26(33)34-2)30-17-25(32)21-6-4-8-23(29)14-21/h3-14,24-25,30-32H,15-17H2,1-2H3. The fraction of sp³-hybridized carbons (Fsp3) is 0.296. The third-order valence-electron chi connectivity index (χ3n) is 5.80. The number of benzene rings is 3. The average Bonchev–Trinajstić information content (AvgIpc) is 2.82. The lowest BCUT2D eigenvalue weighted by atomic mass is 9.85. The Morgan fingerprint density at radius 3 is 2.03 bits per heavy atom. The minimum Gasteiger partial charge on any atom is -0.465 e. The smallest absolute Gasteiger partial charge is 0.337 e. The highest BCUT2D eigenvalue weighted by Gasteiger charge is 2.29. The largest absolute Gasteiger partial charge is 0.465 e. The first-order valence-electron chi connectivity index (χ1n) is 11.0. The molecule has 7 heteroatoms. The highest BCUT2D eigenvalue weighted by molar-refractivity contribution is 6.30. The lowest BCUT2D eigenvalue weighted by Gasteiger charge is -2.34. The van der Waals surface area contributed by atoms with E-state index in [-0.39, 0.29) is 6.54 Å². The zero-order valence-electron chi connectivity index (χ0n) is 19.2. The molecule has 0 aliphatic heterocycles. The Labute approximate surface area is 210 Å². The third kappa shape index (κ3) is 7.29. The first kappa shape index (κ1) is 26.2. The molecule has 3 aromatic rings. The number of rotatable bonds is 10. The molecular weight excluding hydrogens is 473 g/mol. The van der Waals surface area contributed by atoms with Crippen molar-refractivity contribution in [3.05, 3.63) is 105 Å². The van der Waals surface area contributed by atoms with E-state index in [0.29, 0.717) is 34.0 Å². The summed E-state index contributed by atoms with van der Waals surface area (Å²) in [6.07, 6.45) is -0.625. The van der Waals surface area contributed by atoms with Crippen LogP contribution in [0.25, 0.3) is 0 Å². The van der Waals surface area contributed by atoms with Gasteiger partial charge in [-0.2, -0.15) is 0 Å². The quantitative estimate of drug-likeness (QED) is 0.318. The Morgan fingerprint density at radius 2 is 1.50 bits per heavy atom. The summed E-state index contributed by atoms with van der Waals surface area (Å²) in [4.78, 5) is 11.8. The molecule has 0 fully saturated rings. The number of esters is 1. The number of ether oxygens (including phenoxy) is 1. The van der Waals surface area contributed by atoms with E-state index in [2.05, 4.69) is 5.32 Å². The Morgan fingerprint density at radius 1 is 0.941 bits per heavy atom. The summed E-state index contributed by atoms with van der Waals surface area (Å²) in [7, 11) is 1.35. The zero-order valence-corrected chi connectivity index (χ0v) is 20.7. The SMILES string of the molecule is COC(=O)c1ccc(CC(C)(CC(O)c2cccc(Cl)c2)NCC(O)c2cccc(Cl)c2)cc1. The number of nitrogens with one attached hydrogen (secondary N) is 1. The molecule has 3 rings (SSSR count). The van der Waals surface area contributed by atoms with Crippen molar-refractivity contribution in [1.82, 2.24) is 5.32 Å². The van der Waals surface area contributed by atoms with Crippen LogP contribution in [0.3, 0.4) is 0 Å². The van der Waals surface area contributed by atoms with Crippen molar-refractivity contribution in [3.8, 4) is 0 Å². The molecule has 5 nitrogen and oxygen atoms in total. The third-order valence-corrected chi connectivity index (χ3v) is 6.27. The molecular formula is C27H29Cl2NO4. The molecule has 0 aliphatic rings. The van der Waals surface area contributed by atoms with Crippen LogP contribution in [0.5, 0.6) is 0 Å². The normalized spacial score (nSPS) is 14.8. The van der Waals surface area contributed by atoms with Gasteiger partial charge in [-0.3, -0.25) is 0 Å². The summed E-state index contributed by atoms with van der Waals surface area (Å²) in [5, 5.41) is 26.3. The molecule has 0 aromatic heterocycles. The van der Waals surface area contributed by atoms with Gasteiger partial charge < -0.3 is 20.3 Å². The molecule has 3 N–H and O–H groups in total. The van der Waals surface area contributed by atoms with Gasteiger partial charge in [0.05, 0.1) is 24.9 Å². The molecule has 0 amide bonds. The van der Waals surface area contributed by atoms with E-state index in [9.17, 15) is 15.0 Å². The lowest BCUT2D eigenvalue weighted by molar-refractivity contribution is 0.0600. The summed E-state index contributed by atoms with van der Waals surface area (Å²) in [6, 6.07) is 21.4. The van der Waals surface area contributed by atoms with Gasteiger partial charge in [-0.05, 0) is 72.9 Å². The van der Waals surface area contributed by atoms with Gasteiger partial charge in [0.2, 0.25) is 0 Å². The summed E-state index contributed by atoms with van der Waals surface area (Å²) in [5.41, 5.74) is 2.28. The van der Waals surface area contributed by atoms with Crippen molar-refractivity contribution in [1.29, 1.82) is 0 Å². The second-order valence-electron chi connectivity index (χ2n) is 8.65. The van der Waals surface area contributed by atoms with Gasteiger partial charge in [-0.15, -0.1) is 0 Å². The topological polar surface area (TPSA) is 78.8 Å². The average molecular weight is 502 g/mol. The second-order valence-corrected chi connectivity index (χ2v) is 9.53. The van der Waals surface area contributed by atoms with Crippen LogP contribution >= 0.6 is 23.2 Å². The van der Waals surface area contributed by atoms with Gasteiger partial charge >= 0.3 is 5.97 Å². The minimum atomic E-state index is -0.775. The van der Waals surface area contributed by atoms with Crippen LogP contribution in [-0.4, -0.2) is 35.4 Å². The van der Waals surface area contributed by atoms with Crippen molar-refractivity contribution in [2.24, 2.45) is 0 Å². The highest BCUT2D eigenvalue weighted by atomic mass is 35.5. The first-order chi connectivity index (χ1) is 16.2. The molecule has 3 unspecified atom stereocenters. The molecule has 0 radical (unpaired) electrons. The van der Waals surface area contributed by atoms with Crippen molar-refractivity contribution in [2.75, 3.05) is 13.7 Å². The van der Waals surface area contributed by atoms with E-state index in [1.165, 1.54) is 7.11 Å². The number of carbonyl (C=O) groups is 1. The van der Waals surface area contributed by atoms with E-state index in [4.69, 9.17) is 27.9 Å². The van der Waals surface area contributed by atoms with Crippen molar-refractivity contribution >= 4 is 29.2 Å². The van der Waals surface area contributed by atoms with Crippen LogP contribution in [0.1, 0.15) is 52.6 Å². The van der Waals surface area contributed by atoms with Crippen molar-refractivity contribution in [2.45, 2.75) is 37.5 Å². The van der Waals surface area contributed by atoms with E-state index in [0.717, 1.165) is 11.1 Å². The monoisotopic (exact) mass is 501 g/mol. The van der Waals surface area contributed by atoms with Crippen LogP contribution in [-0.2, 0) is 11.2 Å². The van der Waals surface area contributed by atoms with Crippen LogP contribution in [0.15, 0.2) is 72.8 Å².